The predicted molar refractivity (Wildman–Crippen MR) is 144 cm³/mol. The molecule has 0 bridgehead atoms. The first kappa shape index (κ1) is 26.5. The second-order valence-corrected chi connectivity index (χ2v) is 12.0. The van der Waals surface area contributed by atoms with Gasteiger partial charge in [-0.3, -0.25) is 14.3 Å². The van der Waals surface area contributed by atoms with Crippen LogP contribution in [0.2, 0.25) is 0 Å². The molecule has 0 aromatic heterocycles. The van der Waals surface area contributed by atoms with E-state index in [9.17, 15) is 18.0 Å². The Hall–Kier alpha value is -2.52. The number of nitrogens with zero attached hydrogens (tertiary/aromatic N) is 2. The summed E-state index contributed by atoms with van der Waals surface area (Å²) in [6.07, 6.45) is 10.1. The number of hydrogen-bond donors (Lipinski definition) is 1. The average Bonchev–Trinajstić information content (AvgIpc) is 3.33. The molecule has 0 atom stereocenters. The Bertz CT molecular complexity index is 1180. The number of para-hydroxylation sites is 1. The lowest BCUT2D eigenvalue weighted by Gasteiger charge is -2.23. The molecule has 2 amide bonds. The zero-order valence-electron chi connectivity index (χ0n) is 20.9. The van der Waals surface area contributed by atoms with Crippen molar-refractivity contribution in [2.24, 2.45) is 0 Å². The van der Waals surface area contributed by atoms with Gasteiger partial charge in [-0.05, 0) is 62.3 Å². The molecule has 0 radical (unpaired) electrons. The third-order valence-electron chi connectivity index (χ3n) is 6.90. The van der Waals surface area contributed by atoms with Gasteiger partial charge in [-0.15, -0.1) is 11.8 Å². The van der Waals surface area contributed by atoms with Crippen LogP contribution in [0, 0.1) is 0 Å². The maximum absolute atomic E-state index is 13.4. The fourth-order valence-electron chi connectivity index (χ4n) is 4.87. The van der Waals surface area contributed by atoms with Gasteiger partial charge in [0.1, 0.15) is 0 Å². The molecular weight excluding hydrogens is 494 g/mol. The quantitative estimate of drug-likeness (QED) is 0.517. The fraction of sp³-hybridized carbons (Fsp3) is 0.481. The first-order valence-corrected chi connectivity index (χ1v) is 15.5. The van der Waals surface area contributed by atoms with Gasteiger partial charge in [-0.1, -0.05) is 37.8 Å². The van der Waals surface area contributed by atoms with Gasteiger partial charge in [-0.25, -0.2) is 8.42 Å². The summed E-state index contributed by atoms with van der Waals surface area (Å²) in [6.45, 7) is 2.73. The Morgan fingerprint density at radius 2 is 1.28 bits per heavy atom. The normalized spacial score (nSPS) is 17.2. The van der Waals surface area contributed by atoms with E-state index in [4.69, 9.17) is 0 Å². The van der Waals surface area contributed by atoms with Crippen LogP contribution in [0.5, 0.6) is 0 Å². The predicted octanol–water partition coefficient (Wildman–Crippen LogP) is 5.24. The average molecular weight is 530 g/mol. The summed E-state index contributed by atoms with van der Waals surface area (Å²) < 4.78 is 29.5. The van der Waals surface area contributed by atoms with E-state index in [1.807, 2.05) is 16.1 Å². The van der Waals surface area contributed by atoms with Crippen LogP contribution < -0.4 is 4.72 Å². The summed E-state index contributed by atoms with van der Waals surface area (Å²) in [6, 6.07) is 11.4. The molecule has 2 heterocycles. The Morgan fingerprint density at radius 3 is 1.83 bits per heavy atom. The van der Waals surface area contributed by atoms with E-state index in [0.29, 0.717) is 37.3 Å². The number of rotatable bonds is 6. The number of sulfonamides is 1. The number of likely N-dealkylation sites (tertiary alicyclic amines) is 2. The van der Waals surface area contributed by atoms with Crippen molar-refractivity contribution in [3.05, 3.63) is 53.6 Å². The minimum atomic E-state index is -4.03. The molecule has 2 saturated heterocycles. The molecule has 2 aliphatic rings. The van der Waals surface area contributed by atoms with Crippen LogP contribution in [-0.2, 0) is 10.0 Å². The largest absolute Gasteiger partial charge is 0.339 e. The lowest BCUT2D eigenvalue weighted by molar-refractivity contribution is 0.0752. The molecule has 0 unspecified atom stereocenters. The molecule has 2 fully saturated rings. The van der Waals surface area contributed by atoms with Gasteiger partial charge in [0, 0.05) is 31.1 Å². The maximum Gasteiger partial charge on any atom is 0.261 e. The van der Waals surface area contributed by atoms with Gasteiger partial charge in [0.25, 0.3) is 21.8 Å². The topological polar surface area (TPSA) is 86.8 Å². The second-order valence-electron chi connectivity index (χ2n) is 9.43. The minimum absolute atomic E-state index is 0.00972. The van der Waals surface area contributed by atoms with Gasteiger partial charge in [0.15, 0.2) is 0 Å². The third kappa shape index (κ3) is 6.24. The third-order valence-corrected chi connectivity index (χ3v) is 9.06. The lowest BCUT2D eigenvalue weighted by Crippen LogP contribution is -2.33. The molecule has 1 N–H and O–H groups in total. The van der Waals surface area contributed by atoms with E-state index in [1.54, 1.807) is 30.3 Å². The van der Waals surface area contributed by atoms with Crippen LogP contribution in [0.3, 0.4) is 0 Å². The van der Waals surface area contributed by atoms with Crippen LogP contribution in [0.25, 0.3) is 0 Å². The van der Waals surface area contributed by atoms with E-state index >= 15 is 0 Å². The van der Waals surface area contributed by atoms with Gasteiger partial charge in [0.2, 0.25) is 0 Å². The van der Waals surface area contributed by atoms with Gasteiger partial charge < -0.3 is 9.80 Å². The Labute approximate surface area is 218 Å². The van der Waals surface area contributed by atoms with E-state index in [0.717, 1.165) is 56.3 Å². The number of nitrogens with one attached hydrogen (secondary N) is 1. The molecule has 2 aliphatic heterocycles. The standard InChI is InChI=1S/C27H35N3O4S2/c1-35-25-15-14-21(20-23(25)27(32)30-18-10-4-5-11-19-30)36(33,34)28-24-13-7-6-12-22(24)26(31)29-16-8-2-3-9-17-29/h6-7,12-15,20,28H,2-5,8-11,16-19H2,1H3. The van der Waals surface area contributed by atoms with Crippen molar-refractivity contribution in [1.82, 2.24) is 9.80 Å². The Morgan fingerprint density at radius 1 is 0.750 bits per heavy atom. The SMILES string of the molecule is CSc1ccc(S(=O)(=O)Nc2ccccc2C(=O)N2CCCCCC2)cc1C(=O)N1CCCCCC1. The number of thioether (sulfide) groups is 1. The summed E-state index contributed by atoms with van der Waals surface area (Å²) >= 11 is 1.43. The number of carbonyl (C=O) groups excluding carboxylic acids is 2. The Kier molecular flexibility index (Phi) is 8.95. The molecule has 0 aliphatic carbocycles. The number of amides is 2. The maximum atomic E-state index is 13.4. The number of carbonyl (C=O) groups is 2. The smallest absolute Gasteiger partial charge is 0.261 e. The highest BCUT2D eigenvalue weighted by molar-refractivity contribution is 7.98. The number of hydrogen-bond acceptors (Lipinski definition) is 5. The summed E-state index contributed by atoms with van der Waals surface area (Å²) in [7, 11) is -4.03. The van der Waals surface area contributed by atoms with E-state index in [2.05, 4.69) is 4.72 Å². The van der Waals surface area contributed by atoms with Crippen LogP contribution in [-0.4, -0.2) is 62.5 Å². The molecule has 2 aromatic carbocycles. The number of benzene rings is 2. The molecule has 0 spiro atoms. The first-order chi connectivity index (χ1) is 17.4. The zero-order valence-corrected chi connectivity index (χ0v) is 22.5. The van der Waals surface area contributed by atoms with Crippen LogP contribution in [0.1, 0.15) is 72.1 Å². The van der Waals surface area contributed by atoms with Gasteiger partial charge in [0.05, 0.1) is 21.7 Å². The molecule has 36 heavy (non-hydrogen) atoms. The monoisotopic (exact) mass is 529 g/mol. The highest BCUT2D eigenvalue weighted by Crippen LogP contribution is 2.28. The van der Waals surface area contributed by atoms with Crippen LogP contribution >= 0.6 is 11.8 Å². The van der Waals surface area contributed by atoms with Crippen molar-refractivity contribution < 1.29 is 18.0 Å². The van der Waals surface area contributed by atoms with Crippen LogP contribution in [0.4, 0.5) is 5.69 Å². The van der Waals surface area contributed by atoms with Crippen molar-refractivity contribution >= 4 is 39.3 Å². The van der Waals surface area contributed by atoms with Crippen molar-refractivity contribution in [3.63, 3.8) is 0 Å². The highest BCUT2D eigenvalue weighted by Gasteiger charge is 2.26. The molecule has 2 aromatic rings. The van der Waals surface area contributed by atoms with E-state index < -0.39 is 10.0 Å². The van der Waals surface area contributed by atoms with E-state index in [-0.39, 0.29) is 22.4 Å². The molecular formula is C27H35N3O4S2. The van der Waals surface area contributed by atoms with Crippen molar-refractivity contribution in [1.29, 1.82) is 0 Å². The molecule has 7 nitrogen and oxygen atoms in total. The molecule has 4 rings (SSSR count). The fourth-order valence-corrected chi connectivity index (χ4v) is 6.55. The molecule has 0 saturated carbocycles. The summed E-state index contributed by atoms with van der Waals surface area (Å²) in [5, 5.41) is 0. The molecule has 9 heteroatoms. The first-order valence-electron chi connectivity index (χ1n) is 12.8. The number of anilines is 1. The van der Waals surface area contributed by atoms with Crippen LogP contribution in [0.15, 0.2) is 52.3 Å². The minimum Gasteiger partial charge on any atom is -0.339 e. The molecule has 194 valence electrons. The van der Waals surface area contributed by atoms with E-state index in [1.165, 1.54) is 23.9 Å². The van der Waals surface area contributed by atoms with Gasteiger partial charge >= 0.3 is 0 Å². The van der Waals surface area contributed by atoms with Crippen molar-refractivity contribution in [2.75, 3.05) is 37.2 Å². The van der Waals surface area contributed by atoms with Crippen molar-refractivity contribution in [2.45, 2.75) is 61.2 Å². The Balaban J connectivity index is 1.61. The van der Waals surface area contributed by atoms with Crippen molar-refractivity contribution in [3.8, 4) is 0 Å². The summed E-state index contributed by atoms with van der Waals surface area (Å²) in [4.78, 5) is 31.0. The highest BCUT2D eigenvalue weighted by atomic mass is 32.2. The second kappa shape index (κ2) is 12.1. The zero-order chi connectivity index (χ0) is 25.5. The lowest BCUT2D eigenvalue weighted by atomic mass is 10.1. The summed E-state index contributed by atoms with van der Waals surface area (Å²) in [5.74, 6) is -0.292. The van der Waals surface area contributed by atoms with Gasteiger partial charge in [-0.2, -0.15) is 0 Å². The summed E-state index contributed by atoms with van der Waals surface area (Å²) in [5.41, 5.74) is 0.992.